The lowest BCUT2D eigenvalue weighted by Crippen LogP contribution is -2.21. The molecule has 1 heterocycles. The highest BCUT2D eigenvalue weighted by Gasteiger charge is 2.31. The van der Waals surface area contributed by atoms with Crippen molar-refractivity contribution in [3.05, 3.63) is 113 Å². The van der Waals surface area contributed by atoms with Crippen LogP contribution in [0.1, 0.15) is 27.4 Å². The van der Waals surface area contributed by atoms with E-state index in [0.717, 1.165) is 11.1 Å². The first-order valence-corrected chi connectivity index (χ1v) is 10.4. The maximum absolute atomic E-state index is 12.5. The van der Waals surface area contributed by atoms with Crippen LogP contribution in [0.3, 0.4) is 0 Å². The average Bonchev–Trinajstić information content (AvgIpc) is 2.82. The normalized spacial score (nSPS) is 14.5. The number of esters is 1. The number of nitrogens with zero attached hydrogens (tertiary/aromatic N) is 1. The Morgan fingerprint density at radius 1 is 1.15 bits per heavy atom. The molecule has 3 aromatic rings. The highest BCUT2D eigenvalue weighted by molar-refractivity contribution is 6.30. The number of hydrogen-bond donors (Lipinski definition) is 1. The van der Waals surface area contributed by atoms with Crippen molar-refractivity contribution >= 4 is 17.6 Å². The maximum atomic E-state index is 12.5. The first-order chi connectivity index (χ1) is 16.0. The number of nitrogens with two attached hydrogens (primary N) is 1. The topological polar surface area (TPSA) is 94.6 Å². The predicted molar refractivity (Wildman–Crippen MR) is 124 cm³/mol. The molecule has 0 saturated heterocycles. The van der Waals surface area contributed by atoms with Crippen LogP contribution < -0.4 is 19.9 Å². The highest BCUT2D eigenvalue weighted by atomic mass is 35.5. The van der Waals surface area contributed by atoms with Gasteiger partial charge in [-0.15, -0.1) is 0 Å². The first-order valence-electron chi connectivity index (χ1n) is 10.0. The molecule has 3 aromatic carbocycles. The fourth-order valence-electron chi connectivity index (χ4n) is 3.54. The molecule has 0 aromatic heterocycles. The minimum atomic E-state index is -0.554. The molecule has 4 rings (SSSR count). The number of allylic oxidation sites excluding steroid dienone is 1. The van der Waals surface area contributed by atoms with E-state index in [1.807, 2.05) is 24.3 Å². The monoisotopic (exact) mass is 458 g/mol. The van der Waals surface area contributed by atoms with E-state index in [-0.39, 0.29) is 11.6 Å². The molecule has 0 bridgehead atoms. The third-order valence-electron chi connectivity index (χ3n) is 5.04. The van der Waals surface area contributed by atoms with Gasteiger partial charge >= 0.3 is 5.97 Å². The van der Waals surface area contributed by atoms with Crippen LogP contribution in [0.25, 0.3) is 0 Å². The van der Waals surface area contributed by atoms with Gasteiger partial charge in [0.25, 0.3) is 0 Å². The van der Waals surface area contributed by atoms with E-state index in [1.165, 1.54) is 6.07 Å². The second-order valence-corrected chi connectivity index (χ2v) is 7.63. The van der Waals surface area contributed by atoms with Gasteiger partial charge in [0, 0.05) is 16.7 Å². The number of halogens is 1. The Labute approximate surface area is 196 Å². The largest absolute Gasteiger partial charge is 0.490 e. The van der Waals surface area contributed by atoms with Crippen molar-refractivity contribution in [3.63, 3.8) is 0 Å². The molecule has 0 fully saturated rings. The molecule has 0 aliphatic carbocycles. The van der Waals surface area contributed by atoms with Gasteiger partial charge in [-0.2, -0.15) is 5.26 Å². The van der Waals surface area contributed by atoms with E-state index in [0.29, 0.717) is 34.3 Å². The summed E-state index contributed by atoms with van der Waals surface area (Å²) in [6.45, 7) is 4.03. The predicted octanol–water partition coefficient (Wildman–Crippen LogP) is 5.34. The molecule has 0 amide bonds. The molecule has 1 atom stereocenters. The van der Waals surface area contributed by atoms with E-state index in [4.69, 9.17) is 31.5 Å². The lowest BCUT2D eigenvalue weighted by molar-refractivity contribution is 0.0734. The number of hydrogen-bond acceptors (Lipinski definition) is 6. The molecule has 7 heteroatoms. The Balaban J connectivity index is 1.65. The van der Waals surface area contributed by atoms with Crippen LogP contribution in [0.2, 0.25) is 5.02 Å². The standard InChI is InChI=1S/C26H19ClN2O4/c1-2-12-31-19-8-6-16(7-9-19)24-21-11-10-20(14-23(21)33-25(29)22(24)15-28)32-26(30)17-4-3-5-18(27)13-17/h2-11,13-14,24H,1,12,29H2. The van der Waals surface area contributed by atoms with Crippen molar-refractivity contribution in [2.75, 3.05) is 6.61 Å². The molecule has 33 heavy (non-hydrogen) atoms. The van der Waals surface area contributed by atoms with Gasteiger partial charge in [0.05, 0.1) is 11.5 Å². The van der Waals surface area contributed by atoms with Gasteiger partial charge in [0.1, 0.15) is 35.5 Å². The lowest BCUT2D eigenvalue weighted by atomic mass is 9.83. The van der Waals surface area contributed by atoms with Crippen LogP contribution in [0.5, 0.6) is 17.2 Å². The van der Waals surface area contributed by atoms with Crippen LogP contribution in [0.4, 0.5) is 0 Å². The molecule has 1 aliphatic heterocycles. The van der Waals surface area contributed by atoms with Crippen molar-refractivity contribution in [2.24, 2.45) is 5.73 Å². The second-order valence-electron chi connectivity index (χ2n) is 7.19. The summed E-state index contributed by atoms with van der Waals surface area (Å²) >= 11 is 5.95. The first kappa shape index (κ1) is 22.0. The zero-order chi connectivity index (χ0) is 23.4. The molecule has 0 spiro atoms. The second kappa shape index (κ2) is 9.51. The third kappa shape index (κ3) is 4.69. The Morgan fingerprint density at radius 3 is 2.61 bits per heavy atom. The molecule has 1 unspecified atom stereocenters. The highest BCUT2D eigenvalue weighted by Crippen LogP contribution is 2.43. The van der Waals surface area contributed by atoms with Crippen LogP contribution in [0.15, 0.2) is 90.8 Å². The summed E-state index contributed by atoms with van der Waals surface area (Å²) in [5.74, 6) is 0.370. The number of carbonyl (C=O) groups excluding carboxylic acids is 1. The van der Waals surface area contributed by atoms with Crippen molar-refractivity contribution in [1.82, 2.24) is 0 Å². The maximum Gasteiger partial charge on any atom is 0.343 e. The van der Waals surface area contributed by atoms with Crippen LogP contribution in [-0.4, -0.2) is 12.6 Å². The van der Waals surface area contributed by atoms with Gasteiger partial charge in [-0.25, -0.2) is 4.79 Å². The summed E-state index contributed by atoms with van der Waals surface area (Å²) in [4.78, 5) is 12.5. The van der Waals surface area contributed by atoms with Gasteiger partial charge in [-0.05, 0) is 42.0 Å². The van der Waals surface area contributed by atoms with Crippen molar-refractivity contribution in [1.29, 1.82) is 5.26 Å². The minimum Gasteiger partial charge on any atom is -0.490 e. The van der Waals surface area contributed by atoms with Gasteiger partial charge in [0.15, 0.2) is 0 Å². The van der Waals surface area contributed by atoms with E-state index >= 15 is 0 Å². The molecule has 164 valence electrons. The lowest BCUT2D eigenvalue weighted by Gasteiger charge is -2.26. The summed E-state index contributed by atoms with van der Waals surface area (Å²) in [5, 5.41) is 10.2. The Morgan fingerprint density at radius 2 is 1.91 bits per heavy atom. The SMILES string of the molecule is C=CCOc1ccc(C2C(C#N)=C(N)Oc3cc(OC(=O)c4cccc(Cl)c4)ccc32)cc1. The third-order valence-corrected chi connectivity index (χ3v) is 5.28. The van der Waals surface area contributed by atoms with Gasteiger partial charge in [-0.1, -0.05) is 48.5 Å². The zero-order valence-corrected chi connectivity index (χ0v) is 18.2. The number of nitriles is 1. The van der Waals surface area contributed by atoms with Crippen molar-refractivity contribution < 1.29 is 19.0 Å². The minimum absolute atomic E-state index is 0.000279. The number of carbonyl (C=O) groups is 1. The van der Waals surface area contributed by atoms with Crippen LogP contribution in [-0.2, 0) is 0 Å². The fraction of sp³-hybridized carbons (Fsp3) is 0.0769. The summed E-state index contributed by atoms with van der Waals surface area (Å²) in [6.07, 6.45) is 1.66. The number of ether oxygens (including phenoxy) is 3. The molecular formula is C26H19ClN2O4. The smallest absolute Gasteiger partial charge is 0.343 e. The molecule has 6 nitrogen and oxygen atoms in total. The molecular weight excluding hydrogens is 440 g/mol. The molecule has 0 saturated carbocycles. The average molecular weight is 459 g/mol. The summed E-state index contributed by atoms with van der Waals surface area (Å²) in [6, 6.07) is 21.0. The summed E-state index contributed by atoms with van der Waals surface area (Å²) < 4.78 is 16.7. The fourth-order valence-corrected chi connectivity index (χ4v) is 3.73. The number of benzene rings is 3. The zero-order valence-electron chi connectivity index (χ0n) is 17.5. The quantitative estimate of drug-likeness (QED) is 0.304. The van der Waals surface area contributed by atoms with E-state index < -0.39 is 11.9 Å². The summed E-state index contributed by atoms with van der Waals surface area (Å²) in [5.41, 5.74) is 8.25. The van der Waals surface area contributed by atoms with Crippen molar-refractivity contribution in [3.8, 4) is 23.3 Å². The van der Waals surface area contributed by atoms with Crippen LogP contribution in [0, 0.1) is 11.3 Å². The Kier molecular flexibility index (Phi) is 6.34. The Bertz CT molecular complexity index is 1290. The van der Waals surface area contributed by atoms with Gasteiger partial charge < -0.3 is 19.9 Å². The van der Waals surface area contributed by atoms with Gasteiger partial charge in [-0.3, -0.25) is 0 Å². The van der Waals surface area contributed by atoms with E-state index in [1.54, 1.807) is 42.5 Å². The van der Waals surface area contributed by atoms with Gasteiger partial charge in [0.2, 0.25) is 5.88 Å². The van der Waals surface area contributed by atoms with Crippen LogP contribution >= 0.6 is 11.6 Å². The summed E-state index contributed by atoms with van der Waals surface area (Å²) in [7, 11) is 0. The molecule has 2 N–H and O–H groups in total. The number of fused-ring (bicyclic) bond motifs is 1. The van der Waals surface area contributed by atoms with E-state index in [9.17, 15) is 10.1 Å². The van der Waals surface area contributed by atoms with Crippen molar-refractivity contribution in [2.45, 2.75) is 5.92 Å². The molecule has 1 aliphatic rings. The number of rotatable bonds is 6. The molecule has 0 radical (unpaired) electrons. The Hall–Kier alpha value is -4.21. The van der Waals surface area contributed by atoms with E-state index in [2.05, 4.69) is 12.6 Å².